The summed E-state index contributed by atoms with van der Waals surface area (Å²) in [6, 6.07) is -0.346. The smallest absolute Gasteiger partial charge is 0.319 e. The van der Waals surface area contributed by atoms with Crippen molar-refractivity contribution >= 4 is 6.03 Å². The average molecular weight is 330 g/mol. The Morgan fingerprint density at radius 1 is 1.52 bits per heavy atom. The van der Waals surface area contributed by atoms with Crippen molar-refractivity contribution in [2.75, 3.05) is 13.2 Å². The van der Waals surface area contributed by atoms with Crippen molar-refractivity contribution in [2.24, 2.45) is 5.92 Å². The van der Waals surface area contributed by atoms with Crippen molar-refractivity contribution in [1.29, 1.82) is 0 Å². The Labute approximate surface area is 134 Å². The molecule has 23 heavy (non-hydrogen) atoms. The molecule has 0 saturated carbocycles. The van der Waals surface area contributed by atoms with Gasteiger partial charge in [-0.3, -0.25) is 4.57 Å². The van der Waals surface area contributed by atoms with E-state index < -0.39 is 12.1 Å². The fourth-order valence-electron chi connectivity index (χ4n) is 3.37. The summed E-state index contributed by atoms with van der Waals surface area (Å²) in [4.78, 5) is 17.9. The summed E-state index contributed by atoms with van der Waals surface area (Å²) in [6.07, 6.45) is 4.74. The molecule has 130 valence electrons. The number of imidazole rings is 1. The molecule has 1 atom stereocenters. The first-order valence-electron chi connectivity index (χ1n) is 7.86. The van der Waals surface area contributed by atoms with Gasteiger partial charge in [0.25, 0.3) is 0 Å². The Balaban J connectivity index is 2.03. The first-order valence-corrected chi connectivity index (χ1v) is 7.86. The third-order valence-electron chi connectivity index (χ3n) is 4.28. The second-order valence-corrected chi connectivity index (χ2v) is 6.42. The zero-order valence-corrected chi connectivity index (χ0v) is 13.5. The Morgan fingerprint density at radius 3 is 2.87 bits per heavy atom. The number of aliphatic hydroxyl groups is 1. The predicted octanol–water partition coefficient (Wildman–Crippen LogP) is 2.36. The molecule has 0 bridgehead atoms. The molecule has 1 fully saturated rings. The van der Waals surface area contributed by atoms with E-state index in [1.165, 1.54) is 12.4 Å². The Kier molecular flexibility index (Phi) is 5.56. The lowest BCUT2D eigenvalue weighted by atomic mass is 9.87. The molecule has 0 radical (unpaired) electrons. The highest BCUT2D eigenvalue weighted by Crippen LogP contribution is 2.34. The highest BCUT2D eigenvalue weighted by molar-refractivity contribution is 5.75. The van der Waals surface area contributed by atoms with Crippen LogP contribution in [-0.2, 0) is 6.54 Å². The van der Waals surface area contributed by atoms with E-state index in [0.717, 1.165) is 17.4 Å². The van der Waals surface area contributed by atoms with E-state index in [1.54, 1.807) is 4.90 Å². The van der Waals surface area contributed by atoms with Gasteiger partial charge in [0.1, 0.15) is 5.82 Å². The molecule has 2 amide bonds. The van der Waals surface area contributed by atoms with Crippen LogP contribution < -0.4 is 5.32 Å². The van der Waals surface area contributed by atoms with E-state index in [-0.39, 0.29) is 25.0 Å². The number of carbonyl (C=O) groups is 1. The van der Waals surface area contributed by atoms with E-state index in [4.69, 9.17) is 0 Å². The van der Waals surface area contributed by atoms with Gasteiger partial charge in [-0.2, -0.15) is 8.78 Å². The molecule has 0 aliphatic carbocycles. The molecule has 1 unspecified atom stereocenters. The number of aromatic nitrogens is 2. The van der Waals surface area contributed by atoms with E-state index >= 15 is 0 Å². The number of hydrogen-bond acceptors (Lipinski definition) is 3. The minimum absolute atomic E-state index is 0.0736. The van der Waals surface area contributed by atoms with Gasteiger partial charge in [0.2, 0.25) is 0 Å². The van der Waals surface area contributed by atoms with Gasteiger partial charge in [0.05, 0.1) is 18.7 Å². The van der Waals surface area contributed by atoms with Gasteiger partial charge in [-0.15, -0.1) is 0 Å². The molecule has 0 aromatic carbocycles. The average Bonchev–Trinajstić information content (AvgIpc) is 3.11. The van der Waals surface area contributed by atoms with Crippen molar-refractivity contribution in [2.45, 2.75) is 51.7 Å². The van der Waals surface area contributed by atoms with Crippen LogP contribution in [0.1, 0.15) is 45.5 Å². The third kappa shape index (κ3) is 3.80. The summed E-state index contributed by atoms with van der Waals surface area (Å²) < 4.78 is 26.3. The normalized spacial score (nSPS) is 21.4. The maximum atomic E-state index is 12.8. The second-order valence-electron chi connectivity index (χ2n) is 6.42. The van der Waals surface area contributed by atoms with Gasteiger partial charge in [-0.05, 0) is 25.2 Å². The van der Waals surface area contributed by atoms with Crippen molar-refractivity contribution in [3.63, 3.8) is 0 Å². The minimum Gasteiger partial charge on any atom is -0.394 e. The summed E-state index contributed by atoms with van der Waals surface area (Å²) >= 11 is 0. The Bertz CT molecular complexity index is 535. The summed E-state index contributed by atoms with van der Waals surface area (Å²) in [5, 5.41) is 12.5. The number of likely N-dealkylation sites (tertiary alicyclic amines) is 1. The SMILES string of the molecule is CC(C)CC1(CO)CCCN1C(=O)NCc1nccn1C(F)F. The van der Waals surface area contributed by atoms with Crippen LogP contribution in [0.25, 0.3) is 0 Å². The maximum Gasteiger partial charge on any atom is 0.319 e. The number of amides is 2. The quantitative estimate of drug-likeness (QED) is 0.841. The van der Waals surface area contributed by atoms with Crippen molar-refractivity contribution < 1.29 is 18.7 Å². The molecule has 1 aliphatic rings. The van der Waals surface area contributed by atoms with Gasteiger partial charge in [0, 0.05) is 18.9 Å². The number of rotatable bonds is 6. The summed E-state index contributed by atoms with van der Waals surface area (Å²) in [6.45, 7) is 1.80. The number of hydrogen-bond donors (Lipinski definition) is 2. The first-order chi connectivity index (χ1) is 10.9. The number of nitrogens with one attached hydrogen (secondary N) is 1. The standard InChI is InChI=1S/C15H24F2N4O2/c1-11(2)8-15(10-22)4-3-6-21(15)14(23)19-9-12-18-5-7-20(12)13(16)17/h5,7,11,13,22H,3-4,6,8-10H2,1-2H3,(H,19,23). The predicted molar refractivity (Wildman–Crippen MR) is 80.9 cm³/mol. The summed E-state index contributed by atoms with van der Waals surface area (Å²) in [5.74, 6) is 0.444. The third-order valence-corrected chi connectivity index (χ3v) is 4.28. The number of urea groups is 1. The van der Waals surface area contributed by atoms with Crippen LogP contribution in [0.5, 0.6) is 0 Å². The lowest BCUT2D eigenvalue weighted by Gasteiger charge is -2.38. The Morgan fingerprint density at radius 2 is 2.26 bits per heavy atom. The molecule has 2 heterocycles. The maximum absolute atomic E-state index is 12.8. The number of nitrogens with zero attached hydrogens (tertiary/aromatic N) is 3. The number of alkyl halides is 2. The van der Waals surface area contributed by atoms with Crippen LogP contribution in [0, 0.1) is 5.92 Å². The lowest BCUT2D eigenvalue weighted by Crippen LogP contribution is -2.54. The largest absolute Gasteiger partial charge is 0.394 e. The Hall–Kier alpha value is -1.70. The molecule has 2 N–H and O–H groups in total. The van der Waals surface area contributed by atoms with E-state index in [2.05, 4.69) is 10.3 Å². The number of carbonyl (C=O) groups excluding carboxylic acids is 1. The molecule has 8 heteroatoms. The first kappa shape index (κ1) is 17.7. The van der Waals surface area contributed by atoms with Gasteiger partial charge in [0.15, 0.2) is 0 Å². The highest BCUT2D eigenvalue weighted by atomic mass is 19.3. The molecular weight excluding hydrogens is 306 g/mol. The molecule has 1 aromatic heterocycles. The van der Waals surface area contributed by atoms with Crippen LogP contribution in [-0.4, -0.2) is 44.3 Å². The van der Waals surface area contributed by atoms with E-state index in [9.17, 15) is 18.7 Å². The fraction of sp³-hybridized carbons (Fsp3) is 0.733. The summed E-state index contributed by atoms with van der Waals surface area (Å²) in [5.41, 5.74) is -0.559. The van der Waals surface area contributed by atoms with Crippen LogP contribution >= 0.6 is 0 Å². The lowest BCUT2D eigenvalue weighted by molar-refractivity contribution is 0.0631. The zero-order valence-electron chi connectivity index (χ0n) is 13.5. The van der Waals surface area contributed by atoms with Crippen molar-refractivity contribution in [3.8, 4) is 0 Å². The van der Waals surface area contributed by atoms with Crippen LogP contribution in [0.15, 0.2) is 12.4 Å². The zero-order chi connectivity index (χ0) is 17.0. The van der Waals surface area contributed by atoms with E-state index in [0.29, 0.717) is 18.9 Å². The molecule has 1 saturated heterocycles. The van der Waals surface area contributed by atoms with Gasteiger partial charge < -0.3 is 15.3 Å². The molecular formula is C15H24F2N4O2. The molecule has 2 rings (SSSR count). The highest BCUT2D eigenvalue weighted by Gasteiger charge is 2.43. The molecule has 6 nitrogen and oxygen atoms in total. The van der Waals surface area contributed by atoms with Gasteiger partial charge in [-0.1, -0.05) is 13.8 Å². The number of halogens is 2. The van der Waals surface area contributed by atoms with Crippen molar-refractivity contribution in [1.82, 2.24) is 19.8 Å². The van der Waals surface area contributed by atoms with Crippen LogP contribution in [0.2, 0.25) is 0 Å². The van der Waals surface area contributed by atoms with Crippen LogP contribution in [0.3, 0.4) is 0 Å². The van der Waals surface area contributed by atoms with Gasteiger partial charge >= 0.3 is 12.6 Å². The minimum atomic E-state index is -2.69. The molecule has 1 aliphatic heterocycles. The number of aliphatic hydroxyl groups excluding tert-OH is 1. The molecule has 0 spiro atoms. The van der Waals surface area contributed by atoms with Crippen molar-refractivity contribution in [3.05, 3.63) is 18.2 Å². The summed E-state index contributed by atoms with van der Waals surface area (Å²) in [7, 11) is 0. The van der Waals surface area contributed by atoms with Crippen LogP contribution in [0.4, 0.5) is 13.6 Å². The van der Waals surface area contributed by atoms with E-state index in [1.807, 2.05) is 13.8 Å². The topological polar surface area (TPSA) is 70.4 Å². The van der Waals surface area contributed by atoms with Gasteiger partial charge in [-0.25, -0.2) is 9.78 Å². The monoisotopic (exact) mass is 330 g/mol. The second kappa shape index (κ2) is 7.25. The fourth-order valence-corrected chi connectivity index (χ4v) is 3.37. The molecule has 1 aromatic rings.